The summed E-state index contributed by atoms with van der Waals surface area (Å²) in [5.74, 6) is 2.32. The number of para-hydroxylation sites is 2. The first-order valence-electron chi connectivity index (χ1n) is 8.83. The second kappa shape index (κ2) is 10.3. The van der Waals surface area contributed by atoms with Crippen molar-refractivity contribution in [3.63, 3.8) is 0 Å². The number of aromatic nitrogens is 1. The van der Waals surface area contributed by atoms with Gasteiger partial charge in [-0.3, -0.25) is 4.79 Å². The first-order valence-corrected chi connectivity index (χ1v) is 8.83. The molecule has 0 unspecified atom stereocenters. The van der Waals surface area contributed by atoms with Crippen LogP contribution in [0.3, 0.4) is 0 Å². The van der Waals surface area contributed by atoms with Crippen LogP contribution in [0.1, 0.15) is 25.3 Å². The molecule has 0 aliphatic rings. The summed E-state index contributed by atoms with van der Waals surface area (Å²) in [6.45, 7) is 3.49. The van der Waals surface area contributed by atoms with Crippen LogP contribution in [0.4, 0.5) is 5.82 Å². The first-order chi connectivity index (χ1) is 12.6. The van der Waals surface area contributed by atoms with Crippen molar-refractivity contribution in [2.75, 3.05) is 32.2 Å². The smallest absolute Gasteiger partial charge is 0.220 e. The molecule has 2 rings (SSSR count). The fraction of sp³-hybridized carbons (Fsp3) is 0.400. The van der Waals surface area contributed by atoms with Crippen LogP contribution >= 0.6 is 0 Å². The lowest BCUT2D eigenvalue weighted by molar-refractivity contribution is -0.121. The number of rotatable bonds is 10. The second-order valence-corrected chi connectivity index (χ2v) is 6.03. The minimum atomic E-state index is 0.00917. The highest BCUT2D eigenvalue weighted by Crippen LogP contribution is 2.26. The van der Waals surface area contributed by atoms with Gasteiger partial charge in [0, 0.05) is 33.3 Å². The predicted octanol–water partition coefficient (Wildman–Crippen LogP) is 3.02. The van der Waals surface area contributed by atoms with E-state index in [-0.39, 0.29) is 5.91 Å². The molecule has 1 aromatic heterocycles. The molecule has 6 nitrogen and oxygen atoms in total. The molecule has 26 heavy (non-hydrogen) atoms. The highest BCUT2D eigenvalue weighted by Gasteiger charge is 2.06. The Kier molecular flexibility index (Phi) is 7.74. The molecule has 0 fully saturated rings. The lowest BCUT2D eigenvalue weighted by Crippen LogP contribution is -2.23. The van der Waals surface area contributed by atoms with Crippen LogP contribution in [0.2, 0.25) is 0 Å². The fourth-order valence-electron chi connectivity index (χ4n) is 2.36. The number of pyridine rings is 1. The van der Waals surface area contributed by atoms with Crippen molar-refractivity contribution < 1.29 is 14.3 Å². The number of hydrogen-bond donors (Lipinski definition) is 1. The molecule has 1 aromatic carbocycles. The van der Waals surface area contributed by atoms with E-state index in [4.69, 9.17) is 9.47 Å². The molecule has 1 N–H and O–H groups in total. The third-order valence-corrected chi connectivity index (χ3v) is 3.71. The van der Waals surface area contributed by atoms with Gasteiger partial charge in [0.15, 0.2) is 11.5 Å². The van der Waals surface area contributed by atoms with Gasteiger partial charge in [-0.2, -0.15) is 0 Å². The summed E-state index contributed by atoms with van der Waals surface area (Å²) in [7, 11) is 3.88. The van der Waals surface area contributed by atoms with E-state index in [1.165, 1.54) is 0 Å². The zero-order chi connectivity index (χ0) is 18.8. The molecule has 2 aromatic rings. The van der Waals surface area contributed by atoms with Crippen molar-refractivity contribution in [1.29, 1.82) is 0 Å². The number of nitrogens with one attached hydrogen (secondary N) is 1. The Bertz CT molecular complexity index is 704. The maximum absolute atomic E-state index is 12.0. The lowest BCUT2D eigenvalue weighted by Gasteiger charge is -2.13. The monoisotopic (exact) mass is 357 g/mol. The number of benzene rings is 1. The highest BCUT2D eigenvalue weighted by atomic mass is 16.5. The topological polar surface area (TPSA) is 63.7 Å². The number of carbonyl (C=O) groups excluding carboxylic acids is 1. The van der Waals surface area contributed by atoms with Crippen molar-refractivity contribution >= 4 is 11.7 Å². The van der Waals surface area contributed by atoms with Crippen molar-refractivity contribution in [3.05, 3.63) is 48.2 Å². The second-order valence-electron chi connectivity index (χ2n) is 6.03. The molecule has 1 heterocycles. The Morgan fingerprint density at radius 1 is 1.15 bits per heavy atom. The van der Waals surface area contributed by atoms with E-state index in [2.05, 4.69) is 10.3 Å². The number of amides is 1. The van der Waals surface area contributed by atoms with E-state index >= 15 is 0 Å². The molecule has 0 saturated heterocycles. The Hall–Kier alpha value is -2.76. The minimum Gasteiger partial charge on any atom is -0.490 e. The van der Waals surface area contributed by atoms with Crippen molar-refractivity contribution in [2.45, 2.75) is 26.3 Å². The number of nitrogens with zero attached hydrogens (tertiary/aromatic N) is 2. The van der Waals surface area contributed by atoms with Gasteiger partial charge in [0.25, 0.3) is 0 Å². The summed E-state index contributed by atoms with van der Waals surface area (Å²) in [5.41, 5.74) is 1.03. The number of anilines is 1. The molecule has 6 heteroatoms. The SMILES string of the molecule is CCOc1ccccc1OCCCC(=O)NCc1ccnc(N(C)C)c1. The van der Waals surface area contributed by atoms with Gasteiger partial charge < -0.3 is 19.7 Å². The van der Waals surface area contributed by atoms with E-state index in [0.29, 0.717) is 38.3 Å². The zero-order valence-corrected chi connectivity index (χ0v) is 15.7. The van der Waals surface area contributed by atoms with E-state index in [9.17, 15) is 4.79 Å². The third-order valence-electron chi connectivity index (χ3n) is 3.71. The van der Waals surface area contributed by atoms with E-state index in [1.54, 1.807) is 6.20 Å². The minimum absolute atomic E-state index is 0.00917. The Morgan fingerprint density at radius 3 is 2.58 bits per heavy atom. The van der Waals surface area contributed by atoms with Gasteiger partial charge in [-0.15, -0.1) is 0 Å². The van der Waals surface area contributed by atoms with Crippen LogP contribution in [0.15, 0.2) is 42.6 Å². The molecule has 0 aliphatic heterocycles. The Morgan fingerprint density at radius 2 is 1.88 bits per heavy atom. The molecule has 140 valence electrons. The van der Waals surface area contributed by atoms with Gasteiger partial charge in [-0.1, -0.05) is 12.1 Å². The molecule has 0 saturated carbocycles. The summed E-state index contributed by atoms with van der Waals surface area (Å²) in [6.07, 6.45) is 2.81. The van der Waals surface area contributed by atoms with E-state index < -0.39 is 0 Å². The molecule has 0 aliphatic carbocycles. The van der Waals surface area contributed by atoms with Crippen LogP contribution in [-0.4, -0.2) is 38.2 Å². The zero-order valence-electron chi connectivity index (χ0n) is 15.7. The fourth-order valence-corrected chi connectivity index (χ4v) is 2.36. The molecular weight excluding hydrogens is 330 g/mol. The Labute approximate surface area is 155 Å². The maximum Gasteiger partial charge on any atom is 0.220 e. The van der Waals surface area contributed by atoms with Crippen molar-refractivity contribution in [3.8, 4) is 11.5 Å². The number of ether oxygens (including phenoxy) is 2. The van der Waals surface area contributed by atoms with Gasteiger partial charge in [0.1, 0.15) is 5.82 Å². The highest BCUT2D eigenvalue weighted by molar-refractivity contribution is 5.75. The van der Waals surface area contributed by atoms with Gasteiger partial charge >= 0.3 is 0 Å². The van der Waals surface area contributed by atoms with Gasteiger partial charge in [-0.25, -0.2) is 4.98 Å². The molecule has 0 spiro atoms. The van der Waals surface area contributed by atoms with Crippen LogP contribution in [0.25, 0.3) is 0 Å². The summed E-state index contributed by atoms with van der Waals surface area (Å²) < 4.78 is 11.2. The van der Waals surface area contributed by atoms with Crippen LogP contribution in [-0.2, 0) is 11.3 Å². The van der Waals surface area contributed by atoms with Crippen LogP contribution < -0.4 is 19.7 Å². The molecule has 1 amide bonds. The first kappa shape index (κ1) is 19.6. The number of hydrogen-bond acceptors (Lipinski definition) is 5. The van der Waals surface area contributed by atoms with Crippen LogP contribution in [0, 0.1) is 0 Å². The molecule has 0 radical (unpaired) electrons. The Balaban J connectivity index is 1.70. The summed E-state index contributed by atoms with van der Waals surface area (Å²) >= 11 is 0. The maximum atomic E-state index is 12.0. The van der Waals surface area contributed by atoms with Gasteiger partial charge in [0.05, 0.1) is 13.2 Å². The van der Waals surface area contributed by atoms with Crippen molar-refractivity contribution in [2.24, 2.45) is 0 Å². The summed E-state index contributed by atoms with van der Waals surface area (Å²) in [4.78, 5) is 18.2. The third kappa shape index (κ3) is 6.27. The van der Waals surface area contributed by atoms with Crippen molar-refractivity contribution in [1.82, 2.24) is 10.3 Å². The lowest BCUT2D eigenvalue weighted by atomic mass is 10.2. The number of carbonyl (C=O) groups is 1. The molecular formula is C20H27N3O3. The van der Waals surface area contributed by atoms with E-state index in [0.717, 1.165) is 17.1 Å². The predicted molar refractivity (Wildman–Crippen MR) is 103 cm³/mol. The standard InChI is InChI=1S/C20H27N3O3/c1-4-25-17-8-5-6-9-18(17)26-13-7-10-20(24)22-15-16-11-12-21-19(14-16)23(2)3/h5-6,8-9,11-12,14H,4,7,10,13,15H2,1-3H3,(H,22,24). The van der Waals surface area contributed by atoms with Gasteiger partial charge in [-0.05, 0) is 43.2 Å². The molecule has 0 atom stereocenters. The summed E-state index contributed by atoms with van der Waals surface area (Å²) in [5, 5.41) is 2.93. The van der Waals surface area contributed by atoms with Gasteiger partial charge in [0.2, 0.25) is 5.91 Å². The van der Waals surface area contributed by atoms with E-state index in [1.807, 2.05) is 62.3 Å². The average molecular weight is 357 g/mol. The largest absolute Gasteiger partial charge is 0.490 e. The van der Waals surface area contributed by atoms with Crippen LogP contribution in [0.5, 0.6) is 11.5 Å². The molecule has 0 bridgehead atoms. The average Bonchev–Trinajstić information content (AvgIpc) is 2.65. The normalized spacial score (nSPS) is 10.3. The quantitative estimate of drug-likeness (QED) is 0.662. The summed E-state index contributed by atoms with van der Waals surface area (Å²) in [6, 6.07) is 11.4.